The zero-order valence-electron chi connectivity index (χ0n) is 13.2. The first-order chi connectivity index (χ1) is 11.1. The first-order valence-electron chi connectivity index (χ1n) is 7.85. The van der Waals surface area contributed by atoms with Gasteiger partial charge in [0.15, 0.2) is 0 Å². The quantitative estimate of drug-likeness (QED) is 0.736. The predicted octanol–water partition coefficient (Wildman–Crippen LogP) is 1.29. The molecule has 1 atom stereocenters. The van der Waals surface area contributed by atoms with Crippen molar-refractivity contribution >= 4 is 17.5 Å². The Kier molecular flexibility index (Phi) is 7.05. The molecular weight excluding hydrogens is 314 g/mol. The molecule has 0 aliphatic carbocycles. The number of hydrogen-bond acceptors (Lipinski definition) is 4. The van der Waals surface area contributed by atoms with Crippen molar-refractivity contribution in [2.24, 2.45) is 0 Å². The third-order valence-corrected chi connectivity index (χ3v) is 4.32. The highest BCUT2D eigenvalue weighted by atomic mass is 35.5. The fourth-order valence-electron chi connectivity index (χ4n) is 2.66. The topological polar surface area (TPSA) is 55.8 Å². The van der Waals surface area contributed by atoms with Crippen LogP contribution in [-0.4, -0.2) is 66.6 Å². The maximum absolute atomic E-state index is 11.7. The molecule has 6 heteroatoms. The number of hydrogen-bond donors (Lipinski definition) is 2. The Bertz CT molecular complexity index is 530. The van der Waals surface area contributed by atoms with Crippen LogP contribution in [0.5, 0.6) is 0 Å². The number of halogens is 1. The van der Waals surface area contributed by atoms with Gasteiger partial charge < -0.3 is 10.4 Å². The molecule has 23 heavy (non-hydrogen) atoms. The molecule has 0 spiro atoms. The largest absolute Gasteiger partial charge is 0.387 e. The average molecular weight is 338 g/mol. The number of amides is 1. The molecule has 1 heterocycles. The summed E-state index contributed by atoms with van der Waals surface area (Å²) in [6.07, 6.45) is 1.08. The maximum atomic E-state index is 11.7. The minimum atomic E-state index is -0.592. The second kappa shape index (κ2) is 9.03. The van der Waals surface area contributed by atoms with Crippen LogP contribution in [0.15, 0.2) is 36.9 Å². The molecule has 1 aromatic carbocycles. The van der Waals surface area contributed by atoms with E-state index in [4.69, 9.17) is 11.6 Å². The van der Waals surface area contributed by atoms with E-state index in [1.807, 2.05) is 18.2 Å². The second-order valence-corrected chi connectivity index (χ2v) is 6.11. The highest BCUT2D eigenvalue weighted by molar-refractivity contribution is 6.31. The molecule has 126 valence electrons. The molecular formula is C17H24ClN3O2. The first-order valence-corrected chi connectivity index (χ1v) is 8.22. The number of piperazine rings is 1. The Hall–Kier alpha value is -1.40. The Morgan fingerprint density at radius 2 is 1.96 bits per heavy atom. The number of nitrogens with one attached hydrogen (secondary N) is 1. The van der Waals surface area contributed by atoms with E-state index in [0.717, 1.165) is 31.7 Å². The van der Waals surface area contributed by atoms with Gasteiger partial charge in [-0.25, -0.2) is 0 Å². The molecule has 0 aromatic heterocycles. The number of benzene rings is 1. The van der Waals surface area contributed by atoms with Gasteiger partial charge in [0.1, 0.15) is 0 Å². The van der Waals surface area contributed by atoms with E-state index >= 15 is 0 Å². The first kappa shape index (κ1) is 17.9. The van der Waals surface area contributed by atoms with Crippen LogP contribution < -0.4 is 5.32 Å². The third-order valence-electron chi connectivity index (χ3n) is 3.97. The summed E-state index contributed by atoms with van der Waals surface area (Å²) in [5.74, 6) is 0.0226. The van der Waals surface area contributed by atoms with Crippen molar-refractivity contribution in [1.82, 2.24) is 15.1 Å². The summed E-state index contributed by atoms with van der Waals surface area (Å²) in [5, 5.41) is 13.7. The van der Waals surface area contributed by atoms with Crippen LogP contribution >= 0.6 is 11.6 Å². The minimum Gasteiger partial charge on any atom is -0.387 e. The normalized spacial score (nSPS) is 17.7. The molecule has 1 fully saturated rings. The predicted molar refractivity (Wildman–Crippen MR) is 92.5 cm³/mol. The standard InChI is InChI=1S/C17H24ClN3O2/c1-2-7-19-17(23)13-21-10-8-20(9-11-21)12-16(22)14-5-3-4-6-15(14)18/h2-6,16,22H,1,7-13H2,(H,19,23)/t16-/m1/s1. The minimum absolute atomic E-state index is 0.0226. The molecule has 1 amide bonds. The molecule has 0 unspecified atom stereocenters. The maximum Gasteiger partial charge on any atom is 0.234 e. The van der Waals surface area contributed by atoms with E-state index in [1.54, 1.807) is 12.1 Å². The summed E-state index contributed by atoms with van der Waals surface area (Å²) >= 11 is 6.12. The van der Waals surface area contributed by atoms with E-state index < -0.39 is 6.10 Å². The molecule has 2 rings (SSSR count). The van der Waals surface area contributed by atoms with Crippen molar-refractivity contribution in [1.29, 1.82) is 0 Å². The Labute approximate surface area is 142 Å². The molecule has 0 bridgehead atoms. The molecule has 0 radical (unpaired) electrons. The van der Waals surface area contributed by atoms with E-state index in [9.17, 15) is 9.90 Å². The van der Waals surface area contributed by atoms with Crippen molar-refractivity contribution in [2.45, 2.75) is 6.10 Å². The SMILES string of the molecule is C=CCNC(=O)CN1CCN(C[C@@H](O)c2ccccc2Cl)CC1. The van der Waals surface area contributed by atoms with E-state index in [-0.39, 0.29) is 5.91 Å². The van der Waals surface area contributed by atoms with E-state index in [2.05, 4.69) is 21.7 Å². The van der Waals surface area contributed by atoms with Gasteiger partial charge in [-0.15, -0.1) is 6.58 Å². The Morgan fingerprint density at radius 3 is 2.61 bits per heavy atom. The number of aliphatic hydroxyl groups is 1. The number of aliphatic hydroxyl groups excluding tert-OH is 1. The molecule has 2 N–H and O–H groups in total. The van der Waals surface area contributed by atoms with Crippen LogP contribution in [0.3, 0.4) is 0 Å². The third kappa shape index (κ3) is 5.62. The van der Waals surface area contributed by atoms with Gasteiger partial charge in [-0.05, 0) is 6.07 Å². The van der Waals surface area contributed by atoms with Gasteiger partial charge in [0.2, 0.25) is 5.91 Å². The van der Waals surface area contributed by atoms with Crippen molar-refractivity contribution in [2.75, 3.05) is 45.8 Å². The average Bonchev–Trinajstić information content (AvgIpc) is 2.55. The summed E-state index contributed by atoms with van der Waals surface area (Å²) in [4.78, 5) is 16.0. The van der Waals surface area contributed by atoms with Gasteiger partial charge in [-0.3, -0.25) is 14.6 Å². The fraction of sp³-hybridized carbons (Fsp3) is 0.471. The van der Waals surface area contributed by atoms with Crippen molar-refractivity contribution in [3.8, 4) is 0 Å². The molecule has 1 aliphatic heterocycles. The van der Waals surface area contributed by atoms with Gasteiger partial charge in [-0.2, -0.15) is 0 Å². The summed E-state index contributed by atoms with van der Waals surface area (Å²) in [6.45, 7) is 8.34. The highest BCUT2D eigenvalue weighted by Gasteiger charge is 2.21. The highest BCUT2D eigenvalue weighted by Crippen LogP contribution is 2.23. The lowest BCUT2D eigenvalue weighted by atomic mass is 10.1. The lowest BCUT2D eigenvalue weighted by Gasteiger charge is -2.35. The number of β-amino-alcohol motifs (C(OH)–C–C–N with tert-alkyl or cyclic N) is 1. The summed E-state index contributed by atoms with van der Waals surface area (Å²) in [6, 6.07) is 7.38. The van der Waals surface area contributed by atoms with Crippen LogP contribution in [0.2, 0.25) is 5.02 Å². The second-order valence-electron chi connectivity index (χ2n) is 5.71. The molecule has 0 saturated carbocycles. The van der Waals surface area contributed by atoms with Gasteiger partial charge >= 0.3 is 0 Å². The molecule has 1 aromatic rings. The number of nitrogens with zero attached hydrogens (tertiary/aromatic N) is 2. The van der Waals surface area contributed by atoms with Gasteiger partial charge in [0.05, 0.1) is 12.6 Å². The monoisotopic (exact) mass is 337 g/mol. The van der Waals surface area contributed by atoms with Crippen LogP contribution in [0.25, 0.3) is 0 Å². The Balaban J connectivity index is 1.75. The number of carbonyl (C=O) groups is 1. The fourth-order valence-corrected chi connectivity index (χ4v) is 2.92. The van der Waals surface area contributed by atoms with Gasteiger partial charge in [-0.1, -0.05) is 35.9 Å². The lowest BCUT2D eigenvalue weighted by molar-refractivity contribution is -0.122. The zero-order valence-corrected chi connectivity index (χ0v) is 14.0. The lowest BCUT2D eigenvalue weighted by Crippen LogP contribution is -2.50. The smallest absolute Gasteiger partial charge is 0.234 e. The number of rotatable bonds is 7. The summed E-state index contributed by atoms with van der Waals surface area (Å²) in [7, 11) is 0. The van der Waals surface area contributed by atoms with E-state index in [1.165, 1.54) is 0 Å². The number of carbonyl (C=O) groups excluding carboxylic acids is 1. The van der Waals surface area contributed by atoms with Crippen molar-refractivity contribution < 1.29 is 9.90 Å². The van der Waals surface area contributed by atoms with Crippen LogP contribution in [0.1, 0.15) is 11.7 Å². The van der Waals surface area contributed by atoms with Crippen LogP contribution in [0, 0.1) is 0 Å². The van der Waals surface area contributed by atoms with Gasteiger partial charge in [0, 0.05) is 49.9 Å². The molecule has 5 nitrogen and oxygen atoms in total. The van der Waals surface area contributed by atoms with Crippen LogP contribution in [-0.2, 0) is 4.79 Å². The summed E-state index contributed by atoms with van der Waals surface area (Å²) < 4.78 is 0. The molecule has 1 saturated heterocycles. The molecule has 1 aliphatic rings. The summed E-state index contributed by atoms with van der Waals surface area (Å²) in [5.41, 5.74) is 0.764. The van der Waals surface area contributed by atoms with Crippen molar-refractivity contribution in [3.63, 3.8) is 0 Å². The van der Waals surface area contributed by atoms with E-state index in [0.29, 0.717) is 24.7 Å². The Morgan fingerprint density at radius 1 is 1.30 bits per heavy atom. The van der Waals surface area contributed by atoms with Crippen molar-refractivity contribution in [3.05, 3.63) is 47.5 Å². The van der Waals surface area contributed by atoms with Gasteiger partial charge in [0.25, 0.3) is 0 Å². The van der Waals surface area contributed by atoms with Crippen LogP contribution in [0.4, 0.5) is 0 Å². The zero-order chi connectivity index (χ0) is 16.7.